The van der Waals surface area contributed by atoms with Crippen molar-refractivity contribution in [3.8, 4) is 0 Å². The molecule has 0 spiro atoms. The minimum absolute atomic E-state index is 0.800. The maximum Gasteiger partial charge on any atom is 0.140 e. The Bertz CT molecular complexity index is 745. The summed E-state index contributed by atoms with van der Waals surface area (Å²) in [6.07, 6.45) is 7.85. The fraction of sp³-hybridized carbons (Fsp3) is 0.294. The lowest BCUT2D eigenvalue weighted by Gasteiger charge is -2.05. The Hall–Kier alpha value is -2.20. The van der Waals surface area contributed by atoms with Gasteiger partial charge in [0.15, 0.2) is 0 Å². The largest absolute Gasteiger partial charge is 0.328 e. The van der Waals surface area contributed by atoms with E-state index in [0.29, 0.717) is 0 Å². The summed E-state index contributed by atoms with van der Waals surface area (Å²) < 4.78 is 2.21. The molecule has 0 fully saturated rings. The summed E-state index contributed by atoms with van der Waals surface area (Å²) in [6.45, 7) is 6.83. The van der Waals surface area contributed by atoms with Gasteiger partial charge in [0, 0.05) is 36.7 Å². The van der Waals surface area contributed by atoms with Crippen molar-refractivity contribution >= 4 is 11.0 Å². The van der Waals surface area contributed by atoms with Crippen molar-refractivity contribution in [3.63, 3.8) is 0 Å². The first-order valence-electron chi connectivity index (χ1n) is 7.32. The van der Waals surface area contributed by atoms with Crippen LogP contribution in [0.3, 0.4) is 0 Å². The van der Waals surface area contributed by atoms with E-state index in [1.54, 1.807) is 0 Å². The second kappa shape index (κ2) is 6.06. The second-order valence-corrected chi connectivity index (χ2v) is 5.31. The molecule has 4 nitrogen and oxygen atoms in total. The number of pyridine rings is 2. The third kappa shape index (κ3) is 2.95. The summed E-state index contributed by atoms with van der Waals surface area (Å²) in [5.74, 6) is 0. The van der Waals surface area contributed by atoms with Gasteiger partial charge in [-0.05, 0) is 42.3 Å². The molecule has 0 saturated heterocycles. The highest BCUT2D eigenvalue weighted by Crippen LogP contribution is 2.20. The van der Waals surface area contributed by atoms with E-state index in [-0.39, 0.29) is 0 Å². The summed E-state index contributed by atoms with van der Waals surface area (Å²) >= 11 is 0. The number of aromatic nitrogens is 3. The molecule has 3 rings (SSSR count). The number of nitrogens with zero attached hydrogens (tertiary/aromatic N) is 3. The van der Waals surface area contributed by atoms with Crippen molar-refractivity contribution < 1.29 is 0 Å². The van der Waals surface area contributed by atoms with Gasteiger partial charge in [-0.3, -0.25) is 4.98 Å². The second-order valence-electron chi connectivity index (χ2n) is 5.31. The van der Waals surface area contributed by atoms with Gasteiger partial charge < -0.3 is 9.88 Å². The summed E-state index contributed by atoms with van der Waals surface area (Å²) in [4.78, 5) is 8.81. The lowest BCUT2D eigenvalue weighted by Crippen LogP contribution is -2.11. The molecule has 108 valence electrons. The van der Waals surface area contributed by atoms with E-state index in [1.165, 1.54) is 22.1 Å². The summed E-state index contributed by atoms with van der Waals surface area (Å²) in [5.41, 5.74) is 4.71. The van der Waals surface area contributed by atoms with Crippen LogP contribution in [0.25, 0.3) is 11.0 Å². The van der Waals surface area contributed by atoms with Crippen LogP contribution < -0.4 is 5.32 Å². The molecule has 0 aromatic carbocycles. The van der Waals surface area contributed by atoms with Gasteiger partial charge in [-0.25, -0.2) is 4.98 Å². The fourth-order valence-electron chi connectivity index (χ4n) is 2.62. The van der Waals surface area contributed by atoms with Crippen LogP contribution in [0, 0.1) is 6.92 Å². The number of hydrogen-bond donors (Lipinski definition) is 1. The zero-order valence-electron chi connectivity index (χ0n) is 12.5. The van der Waals surface area contributed by atoms with Crippen LogP contribution in [0.1, 0.15) is 23.6 Å². The molecule has 0 aliphatic rings. The minimum Gasteiger partial charge on any atom is -0.328 e. The molecule has 21 heavy (non-hydrogen) atoms. The quantitative estimate of drug-likeness (QED) is 0.781. The number of hydrogen-bond acceptors (Lipinski definition) is 3. The smallest absolute Gasteiger partial charge is 0.140 e. The zero-order valence-corrected chi connectivity index (χ0v) is 12.5. The van der Waals surface area contributed by atoms with Crippen LogP contribution in [-0.2, 0) is 13.1 Å². The van der Waals surface area contributed by atoms with Crippen molar-refractivity contribution in [1.29, 1.82) is 0 Å². The van der Waals surface area contributed by atoms with Crippen LogP contribution in [-0.4, -0.2) is 21.1 Å². The third-order valence-electron chi connectivity index (χ3n) is 3.57. The van der Waals surface area contributed by atoms with Gasteiger partial charge in [0.1, 0.15) is 5.65 Å². The van der Waals surface area contributed by atoms with Crippen LogP contribution in [0.4, 0.5) is 0 Å². The Morgan fingerprint density at radius 1 is 1.29 bits per heavy atom. The first kappa shape index (κ1) is 13.8. The number of nitrogens with one attached hydrogen (secondary N) is 1. The molecule has 3 aromatic heterocycles. The third-order valence-corrected chi connectivity index (χ3v) is 3.57. The maximum atomic E-state index is 4.54. The first-order chi connectivity index (χ1) is 10.3. The molecule has 0 aliphatic heterocycles. The average molecular weight is 280 g/mol. The molecule has 0 unspecified atom stereocenters. The van der Waals surface area contributed by atoms with Crippen LogP contribution in [0.15, 0.2) is 43.0 Å². The predicted molar refractivity (Wildman–Crippen MR) is 85.2 cm³/mol. The van der Waals surface area contributed by atoms with E-state index in [4.69, 9.17) is 0 Å². The minimum atomic E-state index is 0.800. The fourth-order valence-corrected chi connectivity index (χ4v) is 2.62. The van der Waals surface area contributed by atoms with E-state index in [1.807, 2.05) is 24.7 Å². The van der Waals surface area contributed by atoms with Gasteiger partial charge in [-0.2, -0.15) is 0 Å². The van der Waals surface area contributed by atoms with E-state index in [2.05, 4.69) is 52.0 Å². The highest BCUT2D eigenvalue weighted by atomic mass is 15.0. The van der Waals surface area contributed by atoms with Crippen molar-refractivity contribution in [2.75, 3.05) is 6.54 Å². The van der Waals surface area contributed by atoms with Crippen molar-refractivity contribution in [3.05, 3.63) is 59.7 Å². The molecule has 0 bridgehead atoms. The van der Waals surface area contributed by atoms with E-state index in [0.717, 1.165) is 25.3 Å². The Balaban J connectivity index is 1.98. The molecular formula is C17H20N4. The van der Waals surface area contributed by atoms with Crippen molar-refractivity contribution in [1.82, 2.24) is 19.9 Å². The highest BCUT2D eigenvalue weighted by Gasteiger charge is 2.09. The van der Waals surface area contributed by atoms with Crippen LogP contribution >= 0.6 is 0 Å². The Labute approximate surface area is 124 Å². The molecule has 0 radical (unpaired) electrons. The molecule has 0 saturated carbocycles. The predicted octanol–water partition coefficient (Wildman–Crippen LogP) is 2.90. The molecule has 3 aromatic rings. The molecule has 0 aliphatic carbocycles. The Morgan fingerprint density at radius 3 is 3.00 bits per heavy atom. The molecular weight excluding hydrogens is 260 g/mol. The maximum absolute atomic E-state index is 4.54. The molecule has 0 amide bonds. The van der Waals surface area contributed by atoms with Crippen molar-refractivity contribution in [2.24, 2.45) is 0 Å². The van der Waals surface area contributed by atoms with Crippen LogP contribution in [0.5, 0.6) is 0 Å². The van der Waals surface area contributed by atoms with E-state index in [9.17, 15) is 0 Å². The number of rotatable bonds is 5. The van der Waals surface area contributed by atoms with Crippen molar-refractivity contribution in [2.45, 2.75) is 26.9 Å². The highest BCUT2D eigenvalue weighted by molar-refractivity contribution is 5.80. The van der Waals surface area contributed by atoms with Gasteiger partial charge in [0.25, 0.3) is 0 Å². The monoisotopic (exact) mass is 280 g/mol. The SMILES string of the molecule is CCNCc1cn(Cc2cncc(C)c2)c2ncccc12. The zero-order chi connectivity index (χ0) is 14.7. The van der Waals surface area contributed by atoms with Gasteiger partial charge in [-0.15, -0.1) is 0 Å². The number of aryl methyl sites for hydroxylation is 1. The molecule has 1 N–H and O–H groups in total. The van der Waals surface area contributed by atoms with Gasteiger partial charge >= 0.3 is 0 Å². The lowest BCUT2D eigenvalue weighted by molar-refractivity contribution is 0.723. The first-order valence-corrected chi connectivity index (χ1v) is 7.32. The molecule has 4 heteroatoms. The summed E-state index contributed by atoms with van der Waals surface area (Å²) in [6, 6.07) is 6.31. The molecule has 0 atom stereocenters. The standard InChI is InChI=1S/C17H20N4/c1-3-18-10-15-12-21(17-16(15)5-4-6-20-17)11-14-7-13(2)8-19-9-14/h4-9,12,18H,3,10-11H2,1-2H3. The lowest BCUT2D eigenvalue weighted by atomic mass is 10.2. The number of fused-ring (bicyclic) bond motifs is 1. The van der Waals surface area contributed by atoms with E-state index < -0.39 is 0 Å². The normalized spacial score (nSPS) is 11.1. The summed E-state index contributed by atoms with van der Waals surface area (Å²) in [7, 11) is 0. The van der Waals surface area contributed by atoms with Gasteiger partial charge in [0.2, 0.25) is 0 Å². The van der Waals surface area contributed by atoms with E-state index >= 15 is 0 Å². The van der Waals surface area contributed by atoms with Gasteiger partial charge in [-0.1, -0.05) is 13.0 Å². The van der Waals surface area contributed by atoms with Crippen LogP contribution in [0.2, 0.25) is 0 Å². The van der Waals surface area contributed by atoms with Gasteiger partial charge in [0.05, 0.1) is 6.54 Å². The Kier molecular flexibility index (Phi) is 3.97. The molecule has 3 heterocycles. The summed E-state index contributed by atoms with van der Waals surface area (Å²) in [5, 5.41) is 4.61. The topological polar surface area (TPSA) is 42.7 Å². The average Bonchev–Trinajstić information content (AvgIpc) is 2.84. The Morgan fingerprint density at radius 2 is 2.19 bits per heavy atom.